The lowest BCUT2D eigenvalue weighted by Crippen LogP contribution is -2.25. The molecule has 5 heteroatoms. The van der Waals surface area contributed by atoms with Gasteiger partial charge in [-0.3, -0.25) is 9.59 Å². The fourth-order valence-electron chi connectivity index (χ4n) is 2.04. The van der Waals surface area contributed by atoms with Crippen LogP contribution in [0.3, 0.4) is 0 Å². The Bertz CT molecular complexity index is 457. The summed E-state index contributed by atoms with van der Waals surface area (Å²) in [5, 5.41) is 11.5. The number of amides is 1. The highest BCUT2D eigenvalue weighted by Crippen LogP contribution is 2.10. The van der Waals surface area contributed by atoms with Crippen LogP contribution in [-0.2, 0) is 11.2 Å². The first-order valence-electron chi connectivity index (χ1n) is 7.32. The van der Waals surface area contributed by atoms with Gasteiger partial charge in [0.2, 0.25) is 0 Å². The van der Waals surface area contributed by atoms with E-state index in [9.17, 15) is 9.59 Å². The molecule has 0 spiro atoms. The van der Waals surface area contributed by atoms with E-state index in [2.05, 4.69) is 5.32 Å². The highest BCUT2D eigenvalue weighted by molar-refractivity contribution is 5.94. The van der Waals surface area contributed by atoms with E-state index in [-0.39, 0.29) is 18.2 Å². The summed E-state index contributed by atoms with van der Waals surface area (Å²) in [6.45, 7) is 3.15. The quantitative estimate of drug-likeness (QED) is 0.647. The monoisotopic (exact) mass is 292 g/mol. The number of aliphatic carboxylic acids is 1. The summed E-state index contributed by atoms with van der Waals surface area (Å²) < 4.78 is 0. The van der Waals surface area contributed by atoms with Crippen LogP contribution in [0.15, 0.2) is 24.3 Å². The number of carboxylic acid groups (broad SMARTS) is 1. The first-order valence-corrected chi connectivity index (χ1v) is 7.32. The Morgan fingerprint density at radius 2 is 1.90 bits per heavy atom. The van der Waals surface area contributed by atoms with Crippen molar-refractivity contribution >= 4 is 11.9 Å². The highest BCUT2D eigenvalue weighted by atomic mass is 16.4. The van der Waals surface area contributed by atoms with Gasteiger partial charge in [0.25, 0.3) is 5.91 Å². The Hall–Kier alpha value is -1.88. The van der Waals surface area contributed by atoms with Crippen molar-refractivity contribution in [1.82, 2.24) is 5.32 Å². The summed E-state index contributed by atoms with van der Waals surface area (Å²) in [6.07, 6.45) is 2.41. The van der Waals surface area contributed by atoms with Crippen LogP contribution in [0.2, 0.25) is 0 Å². The highest BCUT2D eigenvalue weighted by Gasteiger charge is 2.08. The Morgan fingerprint density at radius 1 is 1.24 bits per heavy atom. The largest absolute Gasteiger partial charge is 0.481 e. The molecule has 1 unspecified atom stereocenters. The normalized spacial score (nSPS) is 11.9. The molecule has 0 aliphatic carbocycles. The van der Waals surface area contributed by atoms with Gasteiger partial charge < -0.3 is 16.2 Å². The SMILES string of the molecule is CC(CCNC(=O)c1ccc(CCN)cc1)CCC(=O)O. The first kappa shape index (κ1) is 17.2. The molecular weight excluding hydrogens is 268 g/mol. The number of rotatable bonds is 9. The van der Waals surface area contributed by atoms with Gasteiger partial charge in [0, 0.05) is 18.5 Å². The minimum atomic E-state index is -0.775. The minimum absolute atomic E-state index is 0.0975. The average Bonchev–Trinajstić information content (AvgIpc) is 2.46. The summed E-state index contributed by atoms with van der Waals surface area (Å²) in [7, 11) is 0. The number of carbonyl (C=O) groups excluding carboxylic acids is 1. The van der Waals surface area contributed by atoms with Crippen molar-refractivity contribution in [2.45, 2.75) is 32.6 Å². The van der Waals surface area contributed by atoms with Crippen molar-refractivity contribution in [1.29, 1.82) is 0 Å². The lowest BCUT2D eigenvalue weighted by molar-refractivity contribution is -0.137. The predicted octanol–water partition coefficient (Wildman–Crippen LogP) is 1.81. The van der Waals surface area contributed by atoms with Gasteiger partial charge in [-0.1, -0.05) is 19.1 Å². The summed E-state index contributed by atoms with van der Waals surface area (Å²) in [4.78, 5) is 22.4. The summed E-state index contributed by atoms with van der Waals surface area (Å²) in [5.41, 5.74) is 7.23. The zero-order chi connectivity index (χ0) is 15.7. The fourth-order valence-corrected chi connectivity index (χ4v) is 2.04. The summed E-state index contributed by atoms with van der Waals surface area (Å²) in [5.74, 6) is -0.587. The molecule has 0 heterocycles. The molecule has 1 aromatic carbocycles. The van der Waals surface area contributed by atoms with Gasteiger partial charge in [0.1, 0.15) is 0 Å². The van der Waals surface area contributed by atoms with Crippen molar-refractivity contribution in [2.24, 2.45) is 11.7 Å². The van der Waals surface area contributed by atoms with Crippen LogP contribution in [0.5, 0.6) is 0 Å². The predicted molar refractivity (Wildman–Crippen MR) is 82.2 cm³/mol. The molecule has 5 nitrogen and oxygen atoms in total. The second-order valence-corrected chi connectivity index (χ2v) is 5.32. The van der Waals surface area contributed by atoms with Crippen molar-refractivity contribution in [3.63, 3.8) is 0 Å². The van der Waals surface area contributed by atoms with Crippen LogP contribution in [0.25, 0.3) is 0 Å². The van der Waals surface area contributed by atoms with Crippen LogP contribution in [0.1, 0.15) is 42.1 Å². The topological polar surface area (TPSA) is 92.4 Å². The standard InChI is InChI=1S/C16H24N2O3/c1-12(2-7-15(19)20)9-11-18-16(21)14-5-3-13(4-6-14)8-10-17/h3-6,12H,2,7-11,17H2,1H3,(H,18,21)(H,19,20). The van der Waals surface area contributed by atoms with E-state index in [4.69, 9.17) is 10.8 Å². The second-order valence-electron chi connectivity index (χ2n) is 5.32. The molecule has 1 amide bonds. The third-order valence-corrected chi connectivity index (χ3v) is 3.42. The van der Waals surface area contributed by atoms with E-state index < -0.39 is 5.97 Å². The molecule has 4 N–H and O–H groups in total. The molecule has 0 fully saturated rings. The maximum absolute atomic E-state index is 11.9. The number of hydrogen-bond acceptors (Lipinski definition) is 3. The van der Waals surface area contributed by atoms with Crippen LogP contribution in [-0.4, -0.2) is 30.1 Å². The van der Waals surface area contributed by atoms with Gasteiger partial charge in [-0.2, -0.15) is 0 Å². The minimum Gasteiger partial charge on any atom is -0.481 e. The van der Waals surface area contributed by atoms with Gasteiger partial charge in [-0.25, -0.2) is 0 Å². The summed E-state index contributed by atoms with van der Waals surface area (Å²) >= 11 is 0. The van der Waals surface area contributed by atoms with Gasteiger partial charge in [-0.05, 0) is 49.4 Å². The molecule has 0 saturated heterocycles. The number of carboxylic acids is 1. The number of nitrogens with one attached hydrogen (secondary N) is 1. The Kier molecular flexibility index (Phi) is 7.46. The Balaban J connectivity index is 2.31. The number of nitrogens with two attached hydrogens (primary N) is 1. The fraction of sp³-hybridized carbons (Fsp3) is 0.500. The Morgan fingerprint density at radius 3 is 2.48 bits per heavy atom. The molecule has 1 atom stereocenters. The second kappa shape index (κ2) is 9.13. The third-order valence-electron chi connectivity index (χ3n) is 3.42. The number of benzene rings is 1. The molecule has 0 bridgehead atoms. The molecule has 21 heavy (non-hydrogen) atoms. The van der Waals surface area contributed by atoms with Crippen molar-refractivity contribution in [3.8, 4) is 0 Å². The van der Waals surface area contributed by atoms with Crippen molar-refractivity contribution in [3.05, 3.63) is 35.4 Å². The van der Waals surface area contributed by atoms with Gasteiger partial charge in [0.05, 0.1) is 0 Å². The van der Waals surface area contributed by atoms with Crippen LogP contribution < -0.4 is 11.1 Å². The van der Waals surface area contributed by atoms with E-state index in [1.54, 1.807) is 12.1 Å². The average molecular weight is 292 g/mol. The van der Waals surface area contributed by atoms with Crippen LogP contribution in [0, 0.1) is 5.92 Å². The molecule has 1 rings (SSSR count). The molecular formula is C16H24N2O3. The van der Waals surface area contributed by atoms with Crippen molar-refractivity contribution in [2.75, 3.05) is 13.1 Å². The molecule has 0 radical (unpaired) electrons. The maximum Gasteiger partial charge on any atom is 0.303 e. The molecule has 0 aromatic heterocycles. The van der Waals surface area contributed by atoms with Crippen LogP contribution in [0.4, 0.5) is 0 Å². The van der Waals surface area contributed by atoms with Gasteiger partial charge >= 0.3 is 5.97 Å². The molecule has 0 aliphatic heterocycles. The third kappa shape index (κ3) is 6.90. The lowest BCUT2D eigenvalue weighted by atomic mass is 10.0. The smallest absolute Gasteiger partial charge is 0.303 e. The van der Waals surface area contributed by atoms with E-state index in [1.807, 2.05) is 19.1 Å². The van der Waals surface area contributed by atoms with Crippen LogP contribution >= 0.6 is 0 Å². The van der Waals surface area contributed by atoms with E-state index in [0.717, 1.165) is 18.4 Å². The maximum atomic E-state index is 11.9. The molecule has 1 aromatic rings. The lowest BCUT2D eigenvalue weighted by Gasteiger charge is -2.11. The molecule has 0 saturated carbocycles. The molecule has 0 aliphatic rings. The Labute approximate surface area is 125 Å². The van der Waals surface area contributed by atoms with Gasteiger partial charge in [0.15, 0.2) is 0 Å². The zero-order valence-electron chi connectivity index (χ0n) is 12.5. The van der Waals surface area contributed by atoms with E-state index >= 15 is 0 Å². The molecule has 116 valence electrons. The zero-order valence-corrected chi connectivity index (χ0v) is 12.5. The van der Waals surface area contributed by atoms with Gasteiger partial charge in [-0.15, -0.1) is 0 Å². The number of hydrogen-bond donors (Lipinski definition) is 3. The summed E-state index contributed by atoms with van der Waals surface area (Å²) in [6, 6.07) is 7.43. The van der Waals surface area contributed by atoms with Crippen molar-refractivity contribution < 1.29 is 14.7 Å². The first-order chi connectivity index (χ1) is 10.0. The number of carbonyl (C=O) groups is 2. The van der Waals surface area contributed by atoms with E-state index in [0.29, 0.717) is 25.1 Å². The van der Waals surface area contributed by atoms with E-state index in [1.165, 1.54) is 0 Å².